The van der Waals surface area contributed by atoms with Crippen molar-refractivity contribution < 1.29 is 38.1 Å². The molecule has 4 heterocycles. The topological polar surface area (TPSA) is 35.9 Å². The van der Waals surface area contributed by atoms with Gasteiger partial charge in [0.15, 0.2) is 0 Å². The average Bonchev–Trinajstić information content (AvgIpc) is 1.47. The van der Waals surface area contributed by atoms with Crippen LogP contribution in [0.5, 0.6) is 11.5 Å². The first kappa shape index (κ1) is 39.8. The molecule has 1 aliphatic rings. The lowest BCUT2D eigenvalue weighted by atomic mass is 9.77. The molecule has 0 radical (unpaired) electrons. The van der Waals surface area contributed by atoms with Crippen LogP contribution in [-0.4, -0.2) is 14.1 Å². The number of hydrogen-bond acceptors (Lipinski definition) is 2. The van der Waals surface area contributed by atoms with E-state index in [-0.39, 0.29) is 66.8 Å². The molecular weight excluding hydrogens is 1130 g/mol. The van der Waals surface area contributed by atoms with E-state index in [1.54, 1.807) is 39.6 Å². The van der Waals surface area contributed by atoms with Gasteiger partial charge in [-0.2, -0.15) is 0 Å². The quantitative estimate of drug-likeness (QED) is 0.112. The van der Waals surface area contributed by atoms with Gasteiger partial charge in [0.25, 0.3) is 6.33 Å². The SMILES string of the molecule is [2H]c1c([2H])c([2H])c(-c2c([2H])c(-c3cc4c5c(c3)n(-c3cccc(Oc6ccc7c8ccccc8n(-c8cc(C(C)(C)C)ccn8)c7c6)c3)[c-][n+]5-c3c(-c5cc(C(C)(C)C)cc(C(C)(C)C)c5)cc(C(C)(C)C)cc3-c3c([2H])c([2H])c([2H])c([2H])c3-c3c([2H])c([2H])c([2H])c([2H])c3-4)c([2H])c(-c3c([2H])c([2H])c([2H])c([2H])c3[2H])c2[2H])c([2H])c1[2H]. The summed E-state index contributed by atoms with van der Waals surface area (Å²) in [6, 6.07) is 21.2. The van der Waals surface area contributed by atoms with Crippen LogP contribution >= 0.6 is 0 Å². The van der Waals surface area contributed by atoms with E-state index in [1.165, 1.54) is 12.1 Å². The number of imidazole rings is 1. The Bertz CT molecular complexity index is 6400. The number of para-hydroxylation sites is 1. The second-order valence-electron chi connectivity index (χ2n) is 27.9. The van der Waals surface area contributed by atoms with Crippen LogP contribution < -0.4 is 9.30 Å². The van der Waals surface area contributed by atoms with Crippen LogP contribution in [0.2, 0.25) is 0 Å². The van der Waals surface area contributed by atoms with Gasteiger partial charge < -0.3 is 4.74 Å². The van der Waals surface area contributed by atoms with Crippen LogP contribution in [-0.2, 0) is 21.7 Å². The molecule has 0 bridgehead atoms. The zero-order valence-electron chi connectivity index (χ0n) is 74.8. The van der Waals surface area contributed by atoms with Gasteiger partial charge in [0.05, 0.1) is 62.2 Å². The first-order chi connectivity index (χ1) is 53.3. The van der Waals surface area contributed by atoms with E-state index in [0.717, 1.165) is 38.5 Å². The van der Waals surface area contributed by atoms with Crippen molar-refractivity contribution >= 4 is 32.8 Å². The van der Waals surface area contributed by atoms with Crippen LogP contribution in [0.1, 0.15) is 134 Å². The summed E-state index contributed by atoms with van der Waals surface area (Å²) >= 11 is 0. The second kappa shape index (κ2) is 22.2. The van der Waals surface area contributed by atoms with E-state index in [9.17, 15) is 20.6 Å². The second-order valence-corrected chi connectivity index (χ2v) is 27.9. The van der Waals surface area contributed by atoms with Gasteiger partial charge in [-0.1, -0.05) is 253 Å². The molecular formula is C88H78N4O. The molecule has 0 atom stereocenters. The van der Waals surface area contributed by atoms with E-state index in [4.69, 9.17) is 17.9 Å². The van der Waals surface area contributed by atoms with Crippen LogP contribution in [0.4, 0.5) is 0 Å². The summed E-state index contributed by atoms with van der Waals surface area (Å²) in [6.45, 7) is 25.0. The van der Waals surface area contributed by atoms with Crippen LogP contribution in [0, 0.1) is 6.33 Å². The van der Waals surface area contributed by atoms with Crippen molar-refractivity contribution in [1.82, 2.24) is 14.1 Å². The first-order valence-electron chi connectivity index (χ1n) is 41.5. The average molecular weight is 1230 g/mol. The maximum absolute atomic E-state index is 10.5. The molecule has 1 aliphatic heterocycles. The van der Waals surface area contributed by atoms with Gasteiger partial charge in [-0.3, -0.25) is 13.7 Å². The molecule has 93 heavy (non-hydrogen) atoms. The number of nitrogens with zero attached hydrogens (tertiary/aromatic N) is 4. The maximum Gasteiger partial charge on any atom is 0.269 e. The summed E-state index contributed by atoms with van der Waals surface area (Å²) < 4.78 is 214. The number of aromatic nitrogens is 4. The predicted molar refractivity (Wildman–Crippen MR) is 389 cm³/mol. The fourth-order valence-electron chi connectivity index (χ4n) is 12.4. The van der Waals surface area contributed by atoms with Gasteiger partial charge >= 0.3 is 0 Å². The van der Waals surface area contributed by atoms with Gasteiger partial charge in [0, 0.05) is 23.0 Å². The van der Waals surface area contributed by atoms with E-state index in [2.05, 4.69) is 104 Å². The highest BCUT2D eigenvalue weighted by atomic mass is 16.5. The molecule has 0 spiro atoms. The Kier molecular flexibility index (Phi) is 9.50. The molecule has 0 aliphatic carbocycles. The van der Waals surface area contributed by atoms with Crippen LogP contribution in [0.15, 0.2) is 254 Å². The van der Waals surface area contributed by atoms with E-state index >= 15 is 0 Å². The summed E-state index contributed by atoms with van der Waals surface area (Å²) in [5.74, 6) is 1.39. The summed E-state index contributed by atoms with van der Waals surface area (Å²) in [5.41, 5.74) is 0.705. The number of rotatable bonds is 8. The minimum absolute atomic E-state index is 0.0811. The van der Waals surface area contributed by atoms with Crippen molar-refractivity contribution in [1.29, 1.82) is 0 Å². The fraction of sp³-hybridized carbons (Fsp3) is 0.182. The van der Waals surface area contributed by atoms with Gasteiger partial charge in [-0.15, -0.1) is 0 Å². The summed E-state index contributed by atoms with van der Waals surface area (Å²) in [4.78, 5) is 4.90. The van der Waals surface area contributed by atoms with Gasteiger partial charge in [-0.25, -0.2) is 4.98 Å². The lowest BCUT2D eigenvalue weighted by Gasteiger charge is -2.29. The fourth-order valence-corrected chi connectivity index (χ4v) is 12.4. The molecule has 14 aromatic rings. The normalized spacial score (nSPS) is 15.7. The van der Waals surface area contributed by atoms with Crippen molar-refractivity contribution in [2.24, 2.45) is 0 Å². The summed E-state index contributed by atoms with van der Waals surface area (Å²) in [5, 5.41) is 1.90. The molecule has 0 N–H and O–H groups in total. The van der Waals surface area contributed by atoms with Gasteiger partial charge in [-0.05, 0) is 195 Å². The molecule has 456 valence electrons. The lowest BCUT2D eigenvalue weighted by molar-refractivity contribution is -0.570. The highest BCUT2D eigenvalue weighted by Gasteiger charge is 2.31. The van der Waals surface area contributed by atoms with Crippen molar-refractivity contribution in [2.45, 2.75) is 105 Å². The number of hydrogen-bond donors (Lipinski definition) is 0. The molecule has 15 rings (SSSR count). The molecule has 5 nitrogen and oxygen atoms in total. The Balaban J connectivity index is 1.15. The Morgan fingerprint density at radius 2 is 0.914 bits per heavy atom. The van der Waals surface area contributed by atoms with Crippen LogP contribution in [0.3, 0.4) is 0 Å². The Hall–Kier alpha value is -10.4. The number of fused-ring (bicyclic) bond motifs is 10. The highest BCUT2D eigenvalue weighted by Crippen LogP contribution is 2.49. The third-order valence-electron chi connectivity index (χ3n) is 17.4. The Morgan fingerprint density at radius 3 is 1.53 bits per heavy atom. The van der Waals surface area contributed by atoms with Crippen LogP contribution in [0.25, 0.3) is 128 Å². The third kappa shape index (κ3) is 10.7. The molecule has 0 unspecified atom stereocenters. The van der Waals surface area contributed by atoms with Gasteiger partial charge in [0.1, 0.15) is 17.3 Å². The zero-order valence-corrected chi connectivity index (χ0v) is 53.8. The molecule has 3 aromatic heterocycles. The number of ether oxygens (including phenoxy) is 1. The Morgan fingerprint density at radius 1 is 0.387 bits per heavy atom. The smallest absolute Gasteiger partial charge is 0.269 e. The van der Waals surface area contributed by atoms with E-state index < -0.39 is 171 Å². The van der Waals surface area contributed by atoms with Gasteiger partial charge in [0.2, 0.25) is 0 Å². The van der Waals surface area contributed by atoms with E-state index in [1.807, 2.05) is 75.4 Å². The van der Waals surface area contributed by atoms with Crippen molar-refractivity contribution in [2.75, 3.05) is 0 Å². The van der Waals surface area contributed by atoms with E-state index in [0.29, 0.717) is 33.9 Å². The van der Waals surface area contributed by atoms with Crippen molar-refractivity contribution in [3.8, 4) is 107 Å². The lowest BCUT2D eigenvalue weighted by Crippen LogP contribution is -2.32. The predicted octanol–water partition coefficient (Wildman–Crippen LogP) is 23.2. The number of pyridine rings is 1. The summed E-state index contributed by atoms with van der Waals surface area (Å²) in [6.07, 6.45) is 5.51. The molecule has 11 aromatic carbocycles. The first-order valence-corrected chi connectivity index (χ1v) is 31.0. The zero-order chi connectivity index (χ0) is 82.6. The third-order valence-corrected chi connectivity index (χ3v) is 17.4. The maximum atomic E-state index is 10.5. The molecule has 0 saturated carbocycles. The Labute approximate surface area is 577 Å². The van der Waals surface area contributed by atoms with Crippen molar-refractivity contribution in [3.63, 3.8) is 0 Å². The molecule has 5 heteroatoms. The highest BCUT2D eigenvalue weighted by molar-refractivity contribution is 6.10. The number of benzene rings is 11. The monoisotopic (exact) mass is 1230 g/mol. The minimum Gasteiger partial charge on any atom is -0.458 e. The summed E-state index contributed by atoms with van der Waals surface area (Å²) in [7, 11) is 0. The largest absolute Gasteiger partial charge is 0.458 e. The molecule has 0 amide bonds. The standard InChI is InChI=1S/C88H78N4O/c1-85(2,3)63-40-41-89-82(52-63)92-79-37-24-23-36-74(79)75-39-38-69(54-80(75)92)93-68-31-25-30-67(53-68)90-55-91-83-76(62-45-64(86(4,5)6)49-65(46-62)87(7,8)9)50-66(88(10,11)12)51-78(83)73-35-22-20-33-71(73)70-32-19-21-34-72(70)77-47-61(48-81(90)84(77)91)60-43-58(56-26-15-13-16-27-56)42-59(44-60)57-28-17-14-18-29-57/h13-54H,1-12H3/i13D,14D,15D,16D,17D,18D,19D,20D,21D,22D,26D,27D,28D,29D,32D,33D,34D,35D,42D,43D,44D. The minimum atomic E-state index is -0.912. The molecule has 0 fully saturated rings. The molecule has 0 saturated heterocycles. The van der Waals surface area contributed by atoms with Crippen molar-refractivity contribution in [3.05, 3.63) is 283 Å².